The number of amides is 1. The maximum absolute atomic E-state index is 11.9. The maximum Gasteiger partial charge on any atom is 0.220 e. The second-order valence-electron chi connectivity index (χ2n) is 5.27. The summed E-state index contributed by atoms with van der Waals surface area (Å²) in [4.78, 5) is 11.9. The number of halogens is 1. The summed E-state index contributed by atoms with van der Waals surface area (Å²) in [6.45, 7) is 4.14. The van der Waals surface area contributed by atoms with Crippen LogP contribution in [0.2, 0.25) is 5.02 Å². The minimum atomic E-state index is 0.135. The molecule has 2 atom stereocenters. The van der Waals surface area contributed by atoms with Gasteiger partial charge in [-0.3, -0.25) is 4.79 Å². The fraction of sp³-hybridized carbons (Fsp3) is 0.533. The van der Waals surface area contributed by atoms with Gasteiger partial charge in [0.25, 0.3) is 0 Å². The lowest BCUT2D eigenvalue weighted by molar-refractivity contribution is -0.122. The van der Waals surface area contributed by atoms with Crippen molar-refractivity contribution in [3.8, 4) is 0 Å². The Bertz CT molecular complexity index is 419. The van der Waals surface area contributed by atoms with Gasteiger partial charge < -0.3 is 10.6 Å². The number of carbonyl (C=O) groups is 1. The van der Waals surface area contributed by atoms with Crippen LogP contribution in [0.5, 0.6) is 0 Å². The normalized spacial score (nSPS) is 23.1. The Hall–Kier alpha value is -1.06. The summed E-state index contributed by atoms with van der Waals surface area (Å²) in [5.41, 5.74) is 1.15. The molecule has 1 fully saturated rings. The molecular formula is C15H21ClN2O. The van der Waals surface area contributed by atoms with E-state index in [0.717, 1.165) is 36.5 Å². The number of aryl methyl sites for hydroxylation is 1. The molecule has 1 aliphatic rings. The highest BCUT2D eigenvalue weighted by Gasteiger charge is 2.22. The van der Waals surface area contributed by atoms with Crippen LogP contribution in [0.1, 0.15) is 25.3 Å². The largest absolute Gasteiger partial charge is 0.352 e. The zero-order chi connectivity index (χ0) is 13.7. The van der Waals surface area contributed by atoms with Gasteiger partial charge in [-0.1, -0.05) is 30.7 Å². The monoisotopic (exact) mass is 280 g/mol. The van der Waals surface area contributed by atoms with Crippen molar-refractivity contribution in [2.24, 2.45) is 5.92 Å². The molecule has 1 aromatic carbocycles. The van der Waals surface area contributed by atoms with Crippen LogP contribution in [-0.4, -0.2) is 25.0 Å². The van der Waals surface area contributed by atoms with Gasteiger partial charge in [0.2, 0.25) is 5.91 Å². The van der Waals surface area contributed by atoms with Crippen molar-refractivity contribution in [1.82, 2.24) is 10.6 Å². The summed E-state index contributed by atoms with van der Waals surface area (Å²) >= 11 is 5.83. The van der Waals surface area contributed by atoms with Crippen LogP contribution in [0.4, 0.5) is 0 Å². The summed E-state index contributed by atoms with van der Waals surface area (Å²) in [6, 6.07) is 7.94. The Morgan fingerprint density at radius 3 is 2.84 bits per heavy atom. The van der Waals surface area contributed by atoms with Gasteiger partial charge in [-0.2, -0.15) is 0 Å². The van der Waals surface area contributed by atoms with Crippen molar-refractivity contribution >= 4 is 17.5 Å². The van der Waals surface area contributed by atoms with E-state index in [0.29, 0.717) is 12.3 Å². The second kappa shape index (κ2) is 6.92. The fourth-order valence-electron chi connectivity index (χ4n) is 2.37. The molecule has 2 N–H and O–H groups in total. The summed E-state index contributed by atoms with van der Waals surface area (Å²) in [7, 11) is 0. The minimum Gasteiger partial charge on any atom is -0.352 e. The van der Waals surface area contributed by atoms with E-state index in [1.54, 1.807) is 0 Å². The number of hydrogen-bond acceptors (Lipinski definition) is 2. The SMILES string of the molecule is CC1CCNCC1NC(=O)CCc1ccc(Cl)cc1. The lowest BCUT2D eigenvalue weighted by Crippen LogP contribution is -2.50. The third kappa shape index (κ3) is 4.51. The zero-order valence-electron chi connectivity index (χ0n) is 11.3. The van der Waals surface area contributed by atoms with Gasteiger partial charge in [0.1, 0.15) is 0 Å². The lowest BCUT2D eigenvalue weighted by Gasteiger charge is -2.30. The molecule has 0 spiro atoms. The van der Waals surface area contributed by atoms with Crippen LogP contribution in [0.3, 0.4) is 0 Å². The molecule has 4 heteroatoms. The minimum absolute atomic E-state index is 0.135. The highest BCUT2D eigenvalue weighted by Crippen LogP contribution is 2.13. The van der Waals surface area contributed by atoms with Gasteiger partial charge in [0.05, 0.1) is 0 Å². The third-order valence-corrected chi connectivity index (χ3v) is 3.98. The predicted molar refractivity (Wildman–Crippen MR) is 78.4 cm³/mol. The molecule has 0 bridgehead atoms. The summed E-state index contributed by atoms with van der Waals surface area (Å²) in [5.74, 6) is 0.691. The first-order valence-electron chi connectivity index (χ1n) is 6.89. The van der Waals surface area contributed by atoms with E-state index >= 15 is 0 Å². The van der Waals surface area contributed by atoms with Crippen molar-refractivity contribution in [3.63, 3.8) is 0 Å². The highest BCUT2D eigenvalue weighted by molar-refractivity contribution is 6.30. The molecule has 1 aliphatic heterocycles. The van der Waals surface area contributed by atoms with Crippen LogP contribution in [0.15, 0.2) is 24.3 Å². The molecule has 19 heavy (non-hydrogen) atoms. The number of hydrogen-bond donors (Lipinski definition) is 2. The van der Waals surface area contributed by atoms with E-state index in [9.17, 15) is 4.79 Å². The molecule has 0 radical (unpaired) electrons. The Morgan fingerprint density at radius 2 is 2.16 bits per heavy atom. The summed E-state index contributed by atoms with van der Waals surface area (Å²) in [6.07, 6.45) is 2.42. The molecular weight excluding hydrogens is 260 g/mol. The van der Waals surface area contributed by atoms with Crippen LogP contribution >= 0.6 is 11.6 Å². The topological polar surface area (TPSA) is 41.1 Å². The molecule has 2 rings (SSSR count). The average Bonchev–Trinajstić information content (AvgIpc) is 2.41. The number of benzene rings is 1. The first kappa shape index (κ1) is 14.4. The molecule has 0 aromatic heterocycles. The van der Waals surface area contributed by atoms with Crippen molar-refractivity contribution in [2.45, 2.75) is 32.2 Å². The standard InChI is InChI=1S/C15H21ClN2O/c1-11-8-9-17-10-14(11)18-15(19)7-4-12-2-5-13(16)6-3-12/h2-3,5-6,11,14,17H,4,7-10H2,1H3,(H,18,19). The zero-order valence-corrected chi connectivity index (χ0v) is 12.0. The van der Waals surface area contributed by atoms with E-state index in [1.165, 1.54) is 0 Å². The number of nitrogens with one attached hydrogen (secondary N) is 2. The maximum atomic E-state index is 11.9. The van der Waals surface area contributed by atoms with E-state index in [2.05, 4.69) is 17.6 Å². The molecule has 0 aliphatic carbocycles. The average molecular weight is 281 g/mol. The van der Waals surface area contributed by atoms with Crippen molar-refractivity contribution in [2.75, 3.05) is 13.1 Å². The van der Waals surface area contributed by atoms with Gasteiger partial charge in [0.15, 0.2) is 0 Å². The van der Waals surface area contributed by atoms with Gasteiger partial charge >= 0.3 is 0 Å². The van der Waals surface area contributed by atoms with Gasteiger partial charge in [-0.05, 0) is 43.0 Å². The molecule has 1 amide bonds. The van der Waals surface area contributed by atoms with E-state index in [1.807, 2.05) is 24.3 Å². The molecule has 2 unspecified atom stereocenters. The van der Waals surface area contributed by atoms with E-state index in [-0.39, 0.29) is 11.9 Å². The Kier molecular flexibility index (Phi) is 5.23. The van der Waals surface area contributed by atoms with Crippen molar-refractivity contribution in [1.29, 1.82) is 0 Å². The number of rotatable bonds is 4. The van der Waals surface area contributed by atoms with Crippen LogP contribution in [0.25, 0.3) is 0 Å². The van der Waals surface area contributed by atoms with E-state index in [4.69, 9.17) is 11.6 Å². The quantitative estimate of drug-likeness (QED) is 0.889. The van der Waals surface area contributed by atoms with Crippen LogP contribution in [0, 0.1) is 5.92 Å². The Labute approximate surface area is 119 Å². The Balaban J connectivity index is 1.76. The Morgan fingerprint density at radius 1 is 1.42 bits per heavy atom. The van der Waals surface area contributed by atoms with Crippen LogP contribution < -0.4 is 10.6 Å². The first-order valence-corrected chi connectivity index (χ1v) is 7.27. The molecule has 104 valence electrons. The lowest BCUT2D eigenvalue weighted by atomic mass is 9.94. The van der Waals surface area contributed by atoms with Crippen molar-refractivity contribution < 1.29 is 4.79 Å². The molecule has 3 nitrogen and oxygen atoms in total. The molecule has 0 saturated carbocycles. The van der Waals surface area contributed by atoms with Gasteiger partial charge in [-0.15, -0.1) is 0 Å². The summed E-state index contributed by atoms with van der Waals surface area (Å²) in [5, 5.41) is 7.18. The fourth-order valence-corrected chi connectivity index (χ4v) is 2.50. The predicted octanol–water partition coefficient (Wildman–Crippen LogP) is 2.39. The number of piperidine rings is 1. The van der Waals surface area contributed by atoms with Gasteiger partial charge in [-0.25, -0.2) is 0 Å². The molecule has 1 heterocycles. The molecule has 1 aromatic rings. The molecule has 1 saturated heterocycles. The van der Waals surface area contributed by atoms with Crippen molar-refractivity contribution in [3.05, 3.63) is 34.9 Å². The van der Waals surface area contributed by atoms with Crippen LogP contribution in [-0.2, 0) is 11.2 Å². The third-order valence-electron chi connectivity index (χ3n) is 3.73. The summed E-state index contributed by atoms with van der Waals surface area (Å²) < 4.78 is 0. The number of carbonyl (C=O) groups excluding carboxylic acids is 1. The second-order valence-corrected chi connectivity index (χ2v) is 5.71. The first-order chi connectivity index (χ1) is 9.15. The van der Waals surface area contributed by atoms with E-state index < -0.39 is 0 Å². The smallest absolute Gasteiger partial charge is 0.220 e. The highest BCUT2D eigenvalue weighted by atomic mass is 35.5. The van der Waals surface area contributed by atoms with Gasteiger partial charge in [0, 0.05) is 24.0 Å².